The molecule has 4 nitrogen and oxygen atoms in total. The Labute approximate surface area is 437 Å². The Kier molecular flexibility index (Phi) is 5.76. The van der Waals surface area contributed by atoms with E-state index in [-0.39, 0.29) is 31.6 Å². The molecule has 0 amide bonds. The Balaban J connectivity index is 1.19. The average molecular weight is 938 g/mol. The standard InChI is InChI=1S/C63H42N4SSi/c1-4-20-45(21-5-1)69(46-22-6-2-7-23-46,47-24-8-3-9-25-47)48-39-36-43(37-40-48)61-64-62(53-30-11-10-26-49(53)44-38-41-60-55(42-44)52-29-15-19-35-59(52)68-60)66-63(65-61)54-31-14-18-34-58(54)67-56-32-16-12-27-50(56)51-28-13-17-33-57(51)67/h1-42H/i10D,11D,12D,13D,14D,15D,16D,17D,18D,19D,26D,27D,28D,29D,30D,31D,32D,33D,34D,35D,38D,41D,42D. The van der Waals surface area contributed by atoms with Gasteiger partial charge in [-0.25, -0.2) is 15.0 Å². The van der Waals surface area contributed by atoms with E-state index in [0.29, 0.717) is 0 Å². The molecule has 0 aliphatic rings. The van der Waals surface area contributed by atoms with Gasteiger partial charge in [0.2, 0.25) is 0 Å². The van der Waals surface area contributed by atoms with Crippen LogP contribution >= 0.6 is 11.3 Å². The molecule has 0 unspecified atom stereocenters. The van der Waals surface area contributed by atoms with Crippen LogP contribution in [-0.2, 0) is 0 Å². The van der Waals surface area contributed by atoms with E-state index in [1.807, 2.05) is 66.7 Å². The van der Waals surface area contributed by atoms with E-state index >= 15 is 0 Å². The number of nitrogens with zero attached hydrogens (tertiary/aromatic N) is 4. The molecule has 0 bridgehead atoms. The summed E-state index contributed by atoms with van der Waals surface area (Å²) in [7, 11) is -3.25. The fraction of sp³-hybridized carbons (Fsp3) is 0. The van der Waals surface area contributed by atoms with E-state index in [1.54, 1.807) is 12.1 Å². The smallest absolute Gasteiger partial charge is 0.179 e. The number of para-hydroxylation sites is 3. The highest BCUT2D eigenvalue weighted by Gasteiger charge is 2.41. The van der Waals surface area contributed by atoms with Crippen molar-refractivity contribution < 1.29 is 31.5 Å². The maximum Gasteiger partial charge on any atom is 0.179 e. The first-order chi connectivity index (χ1) is 43.8. The van der Waals surface area contributed by atoms with Crippen LogP contribution in [0.25, 0.3) is 93.0 Å². The molecule has 0 atom stereocenters. The van der Waals surface area contributed by atoms with Gasteiger partial charge in [-0.15, -0.1) is 11.3 Å². The van der Waals surface area contributed by atoms with Crippen LogP contribution in [0.2, 0.25) is 0 Å². The topological polar surface area (TPSA) is 43.6 Å². The Bertz CT molecular complexity index is 5210. The Morgan fingerprint density at radius 2 is 0.826 bits per heavy atom. The van der Waals surface area contributed by atoms with Crippen molar-refractivity contribution in [1.29, 1.82) is 0 Å². The maximum atomic E-state index is 9.88. The van der Waals surface area contributed by atoms with Gasteiger partial charge in [-0.05, 0) is 74.2 Å². The Morgan fingerprint density at radius 3 is 1.45 bits per heavy atom. The van der Waals surface area contributed by atoms with Gasteiger partial charge in [0.05, 0.1) is 48.2 Å². The molecule has 13 aromatic rings. The van der Waals surface area contributed by atoms with Crippen LogP contribution in [0, 0.1) is 0 Å². The van der Waals surface area contributed by atoms with E-state index in [9.17, 15) is 13.7 Å². The van der Waals surface area contributed by atoms with Crippen molar-refractivity contribution in [2.24, 2.45) is 0 Å². The molecule has 0 spiro atoms. The van der Waals surface area contributed by atoms with E-state index in [0.717, 1.165) is 36.7 Å². The minimum absolute atomic E-state index is 0.0497. The molecule has 324 valence electrons. The maximum absolute atomic E-state index is 9.88. The number of thiophene rings is 1. The monoisotopic (exact) mass is 937 g/mol. The molecule has 69 heavy (non-hydrogen) atoms. The van der Waals surface area contributed by atoms with Crippen molar-refractivity contribution in [2.45, 2.75) is 0 Å². The van der Waals surface area contributed by atoms with Crippen molar-refractivity contribution in [3.8, 4) is 51.0 Å². The average Bonchev–Trinajstić information content (AvgIpc) is 1.53. The molecule has 0 saturated heterocycles. The van der Waals surface area contributed by atoms with Crippen molar-refractivity contribution in [3.05, 3.63) is 254 Å². The SMILES string of the molecule is [2H]c1c([2H])c([2H])c(-c2c([2H])c([2H])c3sc4c([2H])c([2H])c([2H])c([2H])c4c3c2[2H])c(-c2nc(-c3ccc([Si](c4ccccc4)(c4ccccc4)c4ccccc4)cc3)nc(-c3c([2H])c([2H])c([2H])c([2H])c3-n3c4c([2H])c([2H])c([2H])c([2H])c4c4c([2H])c([2H])c([2H])c([2H])c43)n2)c1[2H]. The van der Waals surface area contributed by atoms with Gasteiger partial charge in [0.25, 0.3) is 0 Å². The van der Waals surface area contributed by atoms with E-state index in [1.165, 1.54) is 0 Å². The fourth-order valence-corrected chi connectivity index (χ4v) is 14.7. The number of hydrogen-bond donors (Lipinski definition) is 0. The summed E-state index contributed by atoms with van der Waals surface area (Å²) in [5.41, 5.74) is -4.12. The highest BCUT2D eigenvalue weighted by molar-refractivity contribution is 7.25. The number of benzene rings is 10. The summed E-state index contributed by atoms with van der Waals surface area (Å²) in [5.74, 6) is -1.69. The van der Waals surface area contributed by atoms with Gasteiger partial charge in [0.1, 0.15) is 0 Å². The van der Waals surface area contributed by atoms with Crippen LogP contribution in [-0.4, -0.2) is 27.6 Å². The molecule has 13 rings (SSSR count). The van der Waals surface area contributed by atoms with Gasteiger partial charge in [0, 0.05) is 47.6 Å². The first-order valence-electron chi connectivity index (χ1n) is 33.0. The van der Waals surface area contributed by atoms with Crippen LogP contribution in [0.4, 0.5) is 0 Å². The summed E-state index contributed by atoms with van der Waals surface area (Å²) in [6, 6.07) is 19.0. The third kappa shape index (κ3) is 6.83. The summed E-state index contributed by atoms with van der Waals surface area (Å²) in [4.78, 5) is 14.6. The largest absolute Gasteiger partial charge is 0.309 e. The molecule has 0 radical (unpaired) electrons. The molecule has 6 heteroatoms. The van der Waals surface area contributed by atoms with E-state index in [2.05, 4.69) is 36.4 Å². The molecule has 0 aliphatic carbocycles. The zero-order valence-corrected chi connectivity index (χ0v) is 37.5. The van der Waals surface area contributed by atoms with Gasteiger partial charge >= 0.3 is 0 Å². The molecule has 0 aliphatic heterocycles. The molecule has 0 N–H and O–H groups in total. The van der Waals surface area contributed by atoms with Gasteiger partial charge in [-0.3, -0.25) is 0 Å². The predicted molar refractivity (Wildman–Crippen MR) is 292 cm³/mol. The van der Waals surface area contributed by atoms with Crippen molar-refractivity contribution in [2.75, 3.05) is 0 Å². The molecule has 0 fully saturated rings. The lowest BCUT2D eigenvalue weighted by Gasteiger charge is -2.34. The zero-order chi connectivity index (χ0) is 65.7. The van der Waals surface area contributed by atoms with E-state index < -0.39 is 208 Å². The third-order valence-corrected chi connectivity index (χ3v) is 17.8. The quantitative estimate of drug-likeness (QED) is 0.107. The first-order valence-corrected chi connectivity index (χ1v) is 24.3. The lowest BCUT2D eigenvalue weighted by Crippen LogP contribution is -2.74. The number of aromatic nitrogens is 4. The predicted octanol–water partition coefficient (Wildman–Crippen LogP) is 13.4. The van der Waals surface area contributed by atoms with Gasteiger partial charge in [-0.2, -0.15) is 0 Å². The fourth-order valence-electron chi connectivity index (χ4n) is 9.04. The summed E-state index contributed by atoms with van der Waals surface area (Å²) in [6.07, 6.45) is 0. The number of rotatable bonds is 9. The van der Waals surface area contributed by atoms with Crippen LogP contribution < -0.4 is 20.7 Å². The molecular formula is C63H42N4SSi. The van der Waals surface area contributed by atoms with Gasteiger partial charge in [-0.1, -0.05) is 212 Å². The lowest BCUT2D eigenvalue weighted by atomic mass is 9.97. The van der Waals surface area contributed by atoms with Crippen LogP contribution in [0.5, 0.6) is 0 Å². The third-order valence-electron chi connectivity index (χ3n) is 12.0. The highest BCUT2D eigenvalue weighted by atomic mass is 32.1. The summed E-state index contributed by atoms with van der Waals surface area (Å²) < 4.78 is 212. The molecule has 10 aromatic carbocycles. The van der Waals surface area contributed by atoms with Crippen molar-refractivity contribution in [1.82, 2.24) is 19.5 Å². The van der Waals surface area contributed by atoms with Gasteiger partial charge in [0.15, 0.2) is 25.5 Å². The molecule has 3 aromatic heterocycles. The minimum Gasteiger partial charge on any atom is -0.309 e. The second kappa shape index (κ2) is 17.0. The normalized spacial score (nSPS) is 16.4. The first kappa shape index (κ1) is 23.4. The minimum atomic E-state index is -3.25. The summed E-state index contributed by atoms with van der Waals surface area (Å²) in [6.45, 7) is 0. The summed E-state index contributed by atoms with van der Waals surface area (Å²) >= 11 is 0.740. The Morgan fingerprint density at radius 1 is 0.362 bits per heavy atom. The van der Waals surface area contributed by atoms with Crippen LogP contribution in [0.3, 0.4) is 0 Å². The molecule has 3 heterocycles. The zero-order valence-electron chi connectivity index (χ0n) is 58.7. The van der Waals surface area contributed by atoms with E-state index in [4.69, 9.17) is 32.8 Å². The Hall–Kier alpha value is -8.55. The van der Waals surface area contributed by atoms with Crippen LogP contribution in [0.1, 0.15) is 31.5 Å². The summed E-state index contributed by atoms with van der Waals surface area (Å²) in [5, 5.41) is 2.62. The second-order valence-electron chi connectivity index (χ2n) is 15.7. The van der Waals surface area contributed by atoms with Crippen molar-refractivity contribution in [3.63, 3.8) is 0 Å². The van der Waals surface area contributed by atoms with Crippen molar-refractivity contribution >= 4 is 82.1 Å². The highest BCUT2D eigenvalue weighted by Crippen LogP contribution is 2.40. The number of hydrogen-bond acceptors (Lipinski definition) is 4. The molecule has 0 saturated carbocycles. The lowest BCUT2D eigenvalue weighted by molar-refractivity contribution is 1.06. The molecular weight excluding hydrogens is 873 g/mol. The van der Waals surface area contributed by atoms with Crippen LogP contribution in [0.15, 0.2) is 254 Å². The van der Waals surface area contributed by atoms with Gasteiger partial charge < -0.3 is 4.57 Å². The number of fused-ring (bicyclic) bond motifs is 6. The second-order valence-corrected chi connectivity index (χ2v) is 20.6.